The number of benzene rings is 1. The predicted molar refractivity (Wildman–Crippen MR) is 90.2 cm³/mol. The molecule has 8 nitrogen and oxygen atoms in total. The first-order valence-electron chi connectivity index (χ1n) is 8.19. The molecule has 138 valence electrons. The Kier molecular flexibility index (Phi) is 9.20. The summed E-state index contributed by atoms with van der Waals surface area (Å²) in [7, 11) is 0. The van der Waals surface area contributed by atoms with Gasteiger partial charge < -0.3 is 4.74 Å². The molecule has 8 heteroatoms. The summed E-state index contributed by atoms with van der Waals surface area (Å²) in [6.45, 7) is 1.41. The molecule has 1 rings (SSSR count). The number of hydrogen-bond acceptors (Lipinski definition) is 6. The van der Waals surface area contributed by atoms with Gasteiger partial charge in [0, 0.05) is 0 Å². The van der Waals surface area contributed by atoms with Gasteiger partial charge in [0.15, 0.2) is 6.61 Å². The van der Waals surface area contributed by atoms with E-state index in [1.165, 1.54) is 0 Å². The second kappa shape index (κ2) is 11.2. The monoisotopic (exact) mass is 351 g/mol. The molecule has 0 heterocycles. The molecular weight excluding hydrogens is 326 g/mol. The van der Waals surface area contributed by atoms with Gasteiger partial charge in [-0.2, -0.15) is 0 Å². The van der Waals surface area contributed by atoms with Gasteiger partial charge in [0.05, 0.1) is 12.5 Å². The topological polar surface area (TPSA) is 113 Å². The molecule has 0 aliphatic heterocycles. The van der Waals surface area contributed by atoms with E-state index in [2.05, 4.69) is 0 Å². The number of amides is 3. The van der Waals surface area contributed by atoms with Gasteiger partial charge in [-0.05, 0) is 18.6 Å². The number of carbonyl (C=O) groups excluding carboxylic acids is 3. The lowest BCUT2D eigenvalue weighted by Gasteiger charge is -2.23. The third kappa shape index (κ3) is 7.32. The van der Waals surface area contributed by atoms with Gasteiger partial charge in [0.1, 0.15) is 5.75 Å². The highest BCUT2D eigenvalue weighted by atomic mass is 16.5. The molecule has 0 radical (unpaired) electrons. The number of nitrogens with two attached hydrogens (primary N) is 1. The fourth-order valence-electron chi connectivity index (χ4n) is 2.25. The summed E-state index contributed by atoms with van der Waals surface area (Å²) in [4.78, 5) is 35.1. The smallest absolute Gasteiger partial charge is 0.281 e. The average molecular weight is 351 g/mol. The number of carbonyl (C=O) groups is 3. The summed E-state index contributed by atoms with van der Waals surface area (Å²) in [5.74, 6) is 3.98. The molecule has 25 heavy (non-hydrogen) atoms. The Labute approximate surface area is 147 Å². The van der Waals surface area contributed by atoms with Gasteiger partial charge in [-0.3, -0.25) is 19.6 Å². The van der Waals surface area contributed by atoms with Crippen molar-refractivity contribution in [2.45, 2.75) is 32.6 Å². The molecule has 0 aromatic heterocycles. The summed E-state index contributed by atoms with van der Waals surface area (Å²) in [6.07, 6.45) is 3.20. The van der Waals surface area contributed by atoms with Crippen LogP contribution in [0.3, 0.4) is 0 Å². The van der Waals surface area contributed by atoms with Gasteiger partial charge in [0.2, 0.25) is 12.3 Å². The van der Waals surface area contributed by atoms with Crippen molar-refractivity contribution >= 4 is 18.2 Å². The minimum absolute atomic E-state index is 0.210. The second-order valence-corrected chi connectivity index (χ2v) is 5.62. The zero-order chi connectivity index (χ0) is 18.7. The van der Waals surface area contributed by atoms with Crippen LogP contribution in [0.15, 0.2) is 30.3 Å². The molecule has 0 saturated heterocycles. The molecule has 3 amide bonds. The standard InChI is InChI=1S/C17H25N3O5/c1-2-3-5-8-14(11-19(24)13-21)17(23)20(18)16(22)12-25-15-9-6-4-7-10-15/h4,6-7,9-10,13-14,24H,2-3,5,8,11-12,18H2,1H3/t14-/m1/s1. The van der Waals surface area contributed by atoms with Crippen LogP contribution in [0.1, 0.15) is 32.6 Å². The molecule has 1 aromatic rings. The highest BCUT2D eigenvalue weighted by molar-refractivity contribution is 5.96. The summed E-state index contributed by atoms with van der Waals surface area (Å²) < 4.78 is 5.28. The molecule has 0 fully saturated rings. The van der Waals surface area contributed by atoms with Crippen molar-refractivity contribution < 1.29 is 24.3 Å². The quantitative estimate of drug-likeness (QED) is 0.155. The molecule has 0 aliphatic carbocycles. The average Bonchev–Trinajstić information content (AvgIpc) is 2.64. The van der Waals surface area contributed by atoms with E-state index in [-0.39, 0.29) is 19.6 Å². The van der Waals surface area contributed by atoms with Gasteiger partial charge in [-0.1, -0.05) is 44.4 Å². The van der Waals surface area contributed by atoms with Crippen LogP contribution in [0.5, 0.6) is 5.75 Å². The zero-order valence-corrected chi connectivity index (χ0v) is 14.3. The minimum Gasteiger partial charge on any atom is -0.484 e. The van der Waals surface area contributed by atoms with Crippen molar-refractivity contribution in [1.82, 2.24) is 10.1 Å². The summed E-state index contributed by atoms with van der Waals surface area (Å²) in [5.41, 5.74) is 0. The Morgan fingerprint density at radius 2 is 1.96 bits per heavy atom. The molecule has 0 spiro atoms. The van der Waals surface area contributed by atoms with E-state index in [1.54, 1.807) is 24.3 Å². The van der Waals surface area contributed by atoms with Crippen molar-refractivity contribution in [3.63, 3.8) is 0 Å². The molecule has 0 unspecified atom stereocenters. The lowest BCUT2D eigenvalue weighted by molar-refractivity contribution is -0.159. The number of hydroxylamine groups is 2. The molecule has 0 aliphatic rings. The maximum absolute atomic E-state index is 12.4. The zero-order valence-electron chi connectivity index (χ0n) is 14.3. The van der Waals surface area contributed by atoms with E-state index in [1.807, 2.05) is 13.0 Å². The number of para-hydroxylation sites is 1. The summed E-state index contributed by atoms with van der Waals surface area (Å²) in [6, 6.07) is 8.67. The van der Waals surface area contributed by atoms with Gasteiger partial charge in [-0.15, -0.1) is 0 Å². The Balaban J connectivity index is 2.62. The number of rotatable bonds is 11. The molecule has 3 N–H and O–H groups in total. The Morgan fingerprint density at radius 1 is 1.28 bits per heavy atom. The first-order valence-corrected chi connectivity index (χ1v) is 8.19. The van der Waals surface area contributed by atoms with E-state index < -0.39 is 17.7 Å². The fraction of sp³-hybridized carbons (Fsp3) is 0.471. The Morgan fingerprint density at radius 3 is 2.56 bits per heavy atom. The van der Waals surface area contributed by atoms with Gasteiger partial charge in [-0.25, -0.2) is 15.9 Å². The second-order valence-electron chi connectivity index (χ2n) is 5.62. The maximum atomic E-state index is 12.4. The number of ether oxygens (including phenoxy) is 1. The largest absolute Gasteiger partial charge is 0.484 e. The van der Waals surface area contributed by atoms with E-state index in [0.717, 1.165) is 19.3 Å². The van der Waals surface area contributed by atoms with Crippen LogP contribution in [0, 0.1) is 5.92 Å². The van der Waals surface area contributed by atoms with Crippen LogP contribution in [0.4, 0.5) is 0 Å². The number of nitrogens with zero attached hydrogens (tertiary/aromatic N) is 2. The van der Waals surface area contributed by atoms with Gasteiger partial charge in [0.25, 0.3) is 5.91 Å². The van der Waals surface area contributed by atoms with Crippen molar-refractivity contribution in [1.29, 1.82) is 0 Å². The van der Waals surface area contributed by atoms with Crippen molar-refractivity contribution in [3.8, 4) is 5.75 Å². The van der Waals surface area contributed by atoms with E-state index in [9.17, 15) is 19.6 Å². The number of imide groups is 1. The fourth-order valence-corrected chi connectivity index (χ4v) is 2.25. The lowest BCUT2D eigenvalue weighted by atomic mass is 10.00. The first kappa shape index (κ1) is 20.6. The predicted octanol–water partition coefficient (Wildman–Crippen LogP) is 1.34. The van der Waals surface area contributed by atoms with Gasteiger partial charge >= 0.3 is 0 Å². The third-order valence-corrected chi connectivity index (χ3v) is 3.65. The number of hydrogen-bond donors (Lipinski definition) is 2. The van der Waals surface area contributed by atoms with Crippen LogP contribution in [-0.2, 0) is 14.4 Å². The molecular formula is C17H25N3O5. The van der Waals surface area contributed by atoms with E-state index >= 15 is 0 Å². The summed E-state index contributed by atoms with van der Waals surface area (Å²) in [5, 5.41) is 10.2. The molecule has 1 atom stereocenters. The Hall–Kier alpha value is -2.45. The summed E-state index contributed by atoms with van der Waals surface area (Å²) >= 11 is 0. The normalized spacial score (nSPS) is 11.5. The van der Waals surface area contributed by atoms with Crippen molar-refractivity contribution in [2.75, 3.05) is 13.2 Å². The maximum Gasteiger partial charge on any atom is 0.281 e. The molecule has 0 bridgehead atoms. The first-order chi connectivity index (χ1) is 12.0. The van der Waals surface area contributed by atoms with Crippen LogP contribution < -0.4 is 10.6 Å². The molecule has 0 saturated carbocycles. The number of unbranched alkanes of at least 4 members (excludes halogenated alkanes) is 2. The van der Waals surface area contributed by atoms with Crippen LogP contribution in [-0.4, -0.2) is 46.7 Å². The number of hydrazine groups is 1. The van der Waals surface area contributed by atoms with Crippen molar-refractivity contribution in [3.05, 3.63) is 30.3 Å². The van der Waals surface area contributed by atoms with Crippen LogP contribution in [0.2, 0.25) is 0 Å². The van der Waals surface area contributed by atoms with Crippen LogP contribution >= 0.6 is 0 Å². The van der Waals surface area contributed by atoms with Crippen LogP contribution in [0.25, 0.3) is 0 Å². The lowest BCUT2D eigenvalue weighted by Crippen LogP contribution is -2.49. The van der Waals surface area contributed by atoms with E-state index in [0.29, 0.717) is 22.2 Å². The SMILES string of the molecule is CCCCC[C@H](CN(O)C=O)C(=O)N(N)C(=O)COc1ccccc1. The Bertz CT molecular complexity index is 552. The molecule has 1 aromatic carbocycles. The van der Waals surface area contributed by atoms with E-state index in [4.69, 9.17) is 10.6 Å². The highest BCUT2D eigenvalue weighted by Crippen LogP contribution is 2.14. The highest BCUT2D eigenvalue weighted by Gasteiger charge is 2.28. The third-order valence-electron chi connectivity index (χ3n) is 3.65. The minimum atomic E-state index is -0.757. The van der Waals surface area contributed by atoms with Crippen molar-refractivity contribution in [2.24, 2.45) is 11.8 Å².